The van der Waals surface area contributed by atoms with Crippen LogP contribution in [-0.4, -0.2) is 39.9 Å². The minimum absolute atomic E-state index is 0.0462. The number of H-pyrrole nitrogens is 1. The van der Waals surface area contributed by atoms with Crippen molar-refractivity contribution in [2.75, 3.05) is 13.6 Å². The third-order valence-corrected chi connectivity index (χ3v) is 3.12. The molecule has 0 spiro atoms. The second-order valence-corrected chi connectivity index (χ2v) is 5.45. The molecule has 1 aromatic carbocycles. The van der Waals surface area contributed by atoms with Crippen LogP contribution in [0.1, 0.15) is 19.4 Å². The summed E-state index contributed by atoms with van der Waals surface area (Å²) in [7, 11) is 1.78. The highest BCUT2D eigenvalue weighted by Gasteiger charge is 2.25. The highest BCUT2D eigenvalue weighted by Crippen LogP contribution is 2.12. The molecule has 0 atom stereocenters. The summed E-state index contributed by atoms with van der Waals surface area (Å²) in [6.45, 7) is 4.10. The molecule has 0 aliphatic rings. The summed E-state index contributed by atoms with van der Waals surface area (Å²) < 4.78 is 0. The maximum absolute atomic E-state index is 11.9. The van der Waals surface area contributed by atoms with E-state index in [1.165, 1.54) is 5.56 Å². The second kappa shape index (κ2) is 5.01. The van der Waals surface area contributed by atoms with Gasteiger partial charge < -0.3 is 15.6 Å². The van der Waals surface area contributed by atoms with Gasteiger partial charge in [-0.3, -0.25) is 4.79 Å². The largest absolute Gasteiger partial charge is 0.345 e. The maximum Gasteiger partial charge on any atom is 0.241 e. The lowest BCUT2D eigenvalue weighted by molar-refractivity contribution is -0.134. The molecule has 5 heteroatoms. The van der Waals surface area contributed by atoms with E-state index < -0.39 is 5.54 Å². The normalized spacial score (nSPS) is 11.8. The Labute approximate surface area is 112 Å². The second-order valence-electron chi connectivity index (χ2n) is 5.45. The Morgan fingerprint density at radius 2 is 2.21 bits per heavy atom. The molecule has 2 rings (SSSR count). The van der Waals surface area contributed by atoms with Crippen LogP contribution >= 0.6 is 0 Å². The molecule has 0 saturated heterocycles. The zero-order chi connectivity index (χ0) is 14.0. The number of imidazole rings is 1. The third-order valence-electron chi connectivity index (χ3n) is 3.12. The van der Waals surface area contributed by atoms with Crippen molar-refractivity contribution < 1.29 is 4.79 Å². The van der Waals surface area contributed by atoms with Crippen LogP contribution in [0.15, 0.2) is 24.5 Å². The molecule has 0 aliphatic heterocycles. The number of carbonyl (C=O) groups excluding carboxylic acids is 1. The van der Waals surface area contributed by atoms with E-state index in [9.17, 15) is 4.79 Å². The number of aromatic nitrogens is 2. The summed E-state index contributed by atoms with van der Waals surface area (Å²) in [4.78, 5) is 20.9. The van der Waals surface area contributed by atoms with Gasteiger partial charge in [0.2, 0.25) is 5.91 Å². The van der Waals surface area contributed by atoms with E-state index in [0.29, 0.717) is 6.54 Å². The number of amides is 1. The molecule has 0 saturated carbocycles. The first-order valence-corrected chi connectivity index (χ1v) is 6.34. The molecule has 5 nitrogen and oxygen atoms in total. The van der Waals surface area contributed by atoms with Crippen molar-refractivity contribution in [3.05, 3.63) is 30.1 Å². The fraction of sp³-hybridized carbons (Fsp3) is 0.429. The van der Waals surface area contributed by atoms with Crippen molar-refractivity contribution >= 4 is 16.9 Å². The Balaban J connectivity index is 2.00. The molecule has 1 aromatic heterocycles. The van der Waals surface area contributed by atoms with Crippen molar-refractivity contribution in [3.8, 4) is 0 Å². The molecule has 0 bridgehead atoms. The van der Waals surface area contributed by atoms with E-state index >= 15 is 0 Å². The number of benzene rings is 1. The average Bonchev–Trinajstić information content (AvgIpc) is 2.81. The monoisotopic (exact) mass is 260 g/mol. The Hall–Kier alpha value is -1.88. The van der Waals surface area contributed by atoms with Crippen molar-refractivity contribution in [2.45, 2.75) is 25.8 Å². The van der Waals surface area contributed by atoms with Crippen LogP contribution in [0.25, 0.3) is 11.0 Å². The van der Waals surface area contributed by atoms with E-state index in [1.807, 2.05) is 12.1 Å². The van der Waals surface area contributed by atoms with Gasteiger partial charge in [-0.15, -0.1) is 0 Å². The first-order chi connectivity index (χ1) is 8.88. The van der Waals surface area contributed by atoms with Gasteiger partial charge in [0.05, 0.1) is 22.9 Å². The van der Waals surface area contributed by atoms with E-state index in [1.54, 1.807) is 32.1 Å². The van der Waals surface area contributed by atoms with Gasteiger partial charge in [0.1, 0.15) is 0 Å². The number of nitrogens with zero attached hydrogens (tertiary/aromatic N) is 2. The zero-order valence-electron chi connectivity index (χ0n) is 11.6. The molecule has 0 unspecified atom stereocenters. The summed E-state index contributed by atoms with van der Waals surface area (Å²) in [6.07, 6.45) is 2.48. The van der Waals surface area contributed by atoms with Crippen molar-refractivity contribution in [1.29, 1.82) is 0 Å². The van der Waals surface area contributed by atoms with Gasteiger partial charge in [-0.1, -0.05) is 6.07 Å². The van der Waals surface area contributed by atoms with Crippen molar-refractivity contribution in [1.82, 2.24) is 14.9 Å². The van der Waals surface area contributed by atoms with Gasteiger partial charge >= 0.3 is 0 Å². The minimum Gasteiger partial charge on any atom is -0.345 e. The lowest BCUT2D eigenvalue weighted by Gasteiger charge is -2.25. The lowest BCUT2D eigenvalue weighted by atomic mass is 10.1. The Bertz CT molecular complexity index is 582. The summed E-state index contributed by atoms with van der Waals surface area (Å²) in [5, 5.41) is 0. The van der Waals surface area contributed by atoms with Crippen LogP contribution in [0.4, 0.5) is 0 Å². The van der Waals surface area contributed by atoms with Crippen LogP contribution in [0.2, 0.25) is 0 Å². The summed E-state index contributed by atoms with van der Waals surface area (Å²) >= 11 is 0. The Morgan fingerprint density at radius 3 is 2.89 bits per heavy atom. The number of nitrogens with two attached hydrogens (primary N) is 1. The molecule has 3 N–H and O–H groups in total. The summed E-state index contributed by atoms with van der Waals surface area (Å²) in [6, 6.07) is 6.08. The van der Waals surface area contributed by atoms with Gasteiger partial charge in [0.15, 0.2) is 0 Å². The van der Waals surface area contributed by atoms with Crippen LogP contribution in [0.5, 0.6) is 0 Å². The number of fused-ring (bicyclic) bond motifs is 1. The highest BCUT2D eigenvalue weighted by molar-refractivity contribution is 5.85. The standard InChI is InChI=1S/C14H20N4O/c1-14(2,15)13(19)18(3)7-6-10-4-5-11-12(8-10)17-9-16-11/h4-5,8-9H,6-7,15H2,1-3H3,(H,16,17). The fourth-order valence-corrected chi connectivity index (χ4v) is 2.03. The molecule has 19 heavy (non-hydrogen) atoms. The van der Waals surface area contributed by atoms with Gasteiger partial charge in [-0.25, -0.2) is 4.98 Å². The molecule has 0 aliphatic carbocycles. The van der Waals surface area contributed by atoms with E-state index in [4.69, 9.17) is 5.73 Å². The minimum atomic E-state index is -0.817. The van der Waals surface area contributed by atoms with Crippen LogP contribution < -0.4 is 5.73 Å². The first-order valence-electron chi connectivity index (χ1n) is 6.34. The SMILES string of the molecule is CN(CCc1ccc2nc[nH]c2c1)C(=O)C(C)(C)N. The zero-order valence-corrected chi connectivity index (χ0v) is 11.6. The summed E-state index contributed by atoms with van der Waals surface area (Å²) in [5.41, 5.74) is 8.13. The fourth-order valence-electron chi connectivity index (χ4n) is 2.03. The van der Waals surface area contributed by atoms with E-state index in [0.717, 1.165) is 17.5 Å². The molecule has 0 fully saturated rings. The van der Waals surface area contributed by atoms with Gasteiger partial charge in [-0.2, -0.15) is 0 Å². The molecular formula is C14H20N4O. The van der Waals surface area contributed by atoms with Crippen LogP contribution in [0.3, 0.4) is 0 Å². The highest BCUT2D eigenvalue weighted by atomic mass is 16.2. The number of aromatic amines is 1. The van der Waals surface area contributed by atoms with Gasteiger partial charge in [0.25, 0.3) is 0 Å². The third kappa shape index (κ3) is 3.12. The van der Waals surface area contributed by atoms with Gasteiger partial charge in [-0.05, 0) is 38.0 Å². The number of hydrogen-bond acceptors (Lipinski definition) is 3. The van der Waals surface area contributed by atoms with Crippen LogP contribution in [0, 0.1) is 0 Å². The topological polar surface area (TPSA) is 75.0 Å². The number of nitrogens with one attached hydrogen (secondary N) is 1. The number of rotatable bonds is 4. The van der Waals surface area contributed by atoms with Gasteiger partial charge in [0, 0.05) is 13.6 Å². The smallest absolute Gasteiger partial charge is 0.241 e. The van der Waals surface area contributed by atoms with Crippen LogP contribution in [-0.2, 0) is 11.2 Å². The number of likely N-dealkylation sites (N-methyl/N-ethyl adjacent to an activating group) is 1. The molecule has 102 valence electrons. The molecule has 1 amide bonds. The quantitative estimate of drug-likeness (QED) is 0.870. The lowest BCUT2D eigenvalue weighted by Crippen LogP contribution is -2.50. The Morgan fingerprint density at radius 1 is 1.47 bits per heavy atom. The van der Waals surface area contributed by atoms with E-state index in [-0.39, 0.29) is 5.91 Å². The molecule has 0 radical (unpaired) electrons. The average molecular weight is 260 g/mol. The number of hydrogen-bond donors (Lipinski definition) is 2. The maximum atomic E-state index is 11.9. The predicted octanol–water partition coefficient (Wildman–Crippen LogP) is 1.30. The number of carbonyl (C=O) groups is 1. The van der Waals surface area contributed by atoms with E-state index in [2.05, 4.69) is 16.0 Å². The molecule has 1 heterocycles. The molecule has 2 aromatic rings. The first kappa shape index (κ1) is 13.5. The van der Waals surface area contributed by atoms with Crippen molar-refractivity contribution in [3.63, 3.8) is 0 Å². The Kier molecular flexibility index (Phi) is 3.57. The summed E-state index contributed by atoms with van der Waals surface area (Å²) in [5.74, 6) is -0.0462. The predicted molar refractivity (Wildman–Crippen MR) is 75.7 cm³/mol. The van der Waals surface area contributed by atoms with Crippen molar-refractivity contribution in [2.24, 2.45) is 5.73 Å². The molecular weight excluding hydrogens is 240 g/mol.